The van der Waals surface area contributed by atoms with Gasteiger partial charge in [0.2, 0.25) is 5.91 Å². The van der Waals surface area contributed by atoms with Crippen LogP contribution in [0.3, 0.4) is 0 Å². The van der Waals surface area contributed by atoms with Crippen LogP contribution < -0.4 is 10.6 Å². The first-order valence-electron chi connectivity index (χ1n) is 8.75. The van der Waals surface area contributed by atoms with E-state index in [0.717, 1.165) is 25.9 Å². The third-order valence-electron chi connectivity index (χ3n) is 4.42. The monoisotopic (exact) mass is 297 g/mol. The third kappa shape index (κ3) is 6.35. The van der Waals surface area contributed by atoms with Crippen molar-refractivity contribution in [2.45, 2.75) is 90.9 Å². The van der Waals surface area contributed by atoms with E-state index >= 15 is 0 Å². The third-order valence-corrected chi connectivity index (χ3v) is 4.42. The summed E-state index contributed by atoms with van der Waals surface area (Å²) in [6.07, 6.45) is 5.85. The fraction of sp³-hybridized carbons (Fsp3) is 0.941. The molecule has 1 aliphatic heterocycles. The number of carbonyl (C=O) groups excluding carboxylic acids is 1. The fourth-order valence-electron chi connectivity index (χ4n) is 3.14. The van der Waals surface area contributed by atoms with Gasteiger partial charge in [-0.2, -0.15) is 0 Å². The molecule has 3 atom stereocenters. The molecular formula is C17H35N3O. The Kier molecular flexibility index (Phi) is 8.27. The van der Waals surface area contributed by atoms with E-state index < -0.39 is 0 Å². The maximum Gasteiger partial charge on any atom is 0.237 e. The number of hydrogen-bond donors (Lipinski definition) is 2. The van der Waals surface area contributed by atoms with Gasteiger partial charge in [0.05, 0.1) is 6.04 Å². The molecule has 1 rings (SSSR count). The van der Waals surface area contributed by atoms with Crippen molar-refractivity contribution in [1.29, 1.82) is 0 Å². The molecule has 1 saturated heterocycles. The highest BCUT2D eigenvalue weighted by atomic mass is 16.2. The molecule has 1 heterocycles. The van der Waals surface area contributed by atoms with Gasteiger partial charge in [0.25, 0.3) is 0 Å². The van der Waals surface area contributed by atoms with Crippen LogP contribution in [-0.4, -0.2) is 48.1 Å². The second-order valence-electron chi connectivity index (χ2n) is 6.82. The van der Waals surface area contributed by atoms with E-state index in [4.69, 9.17) is 0 Å². The molecule has 4 heteroatoms. The number of piperidine rings is 1. The van der Waals surface area contributed by atoms with Crippen LogP contribution in [0.15, 0.2) is 0 Å². The predicted molar refractivity (Wildman–Crippen MR) is 89.5 cm³/mol. The Bertz CT molecular complexity index is 306. The summed E-state index contributed by atoms with van der Waals surface area (Å²) in [5.74, 6) is 0.187. The number of nitrogens with one attached hydrogen (secondary N) is 2. The second-order valence-corrected chi connectivity index (χ2v) is 6.82. The SMILES string of the molecule is CCCC(C)NC(=O)C(C)N1CCCCC1CNC(C)C. The van der Waals surface area contributed by atoms with Gasteiger partial charge in [0.15, 0.2) is 0 Å². The molecule has 0 aromatic heterocycles. The van der Waals surface area contributed by atoms with Gasteiger partial charge in [-0.05, 0) is 39.7 Å². The first-order valence-corrected chi connectivity index (χ1v) is 8.75. The van der Waals surface area contributed by atoms with Gasteiger partial charge >= 0.3 is 0 Å². The smallest absolute Gasteiger partial charge is 0.237 e. The molecule has 4 nitrogen and oxygen atoms in total. The molecule has 124 valence electrons. The standard InChI is InChI=1S/C17H35N3O/c1-6-9-14(4)19-17(21)15(5)20-11-8-7-10-16(20)12-18-13(2)3/h13-16,18H,6-12H2,1-5H3,(H,19,21). The van der Waals surface area contributed by atoms with Gasteiger partial charge in [-0.15, -0.1) is 0 Å². The minimum atomic E-state index is -0.0245. The lowest BCUT2D eigenvalue weighted by atomic mass is 9.99. The van der Waals surface area contributed by atoms with Crippen molar-refractivity contribution in [2.75, 3.05) is 13.1 Å². The van der Waals surface area contributed by atoms with E-state index in [2.05, 4.69) is 50.2 Å². The van der Waals surface area contributed by atoms with Crippen LogP contribution in [0.1, 0.15) is 66.7 Å². The van der Waals surface area contributed by atoms with E-state index in [9.17, 15) is 4.79 Å². The average Bonchev–Trinajstić information content (AvgIpc) is 2.44. The van der Waals surface area contributed by atoms with Crippen LogP contribution in [-0.2, 0) is 4.79 Å². The van der Waals surface area contributed by atoms with Gasteiger partial charge in [0, 0.05) is 24.7 Å². The van der Waals surface area contributed by atoms with Crippen molar-refractivity contribution in [2.24, 2.45) is 0 Å². The largest absolute Gasteiger partial charge is 0.352 e. The molecule has 0 aromatic rings. The summed E-state index contributed by atoms with van der Waals surface area (Å²) in [6, 6.07) is 1.25. The van der Waals surface area contributed by atoms with E-state index in [1.807, 2.05) is 0 Å². The van der Waals surface area contributed by atoms with Crippen LogP contribution in [0.4, 0.5) is 0 Å². The van der Waals surface area contributed by atoms with Gasteiger partial charge in [-0.3, -0.25) is 9.69 Å². The summed E-state index contributed by atoms with van der Waals surface area (Å²) in [5.41, 5.74) is 0. The molecule has 3 unspecified atom stereocenters. The molecule has 0 spiro atoms. The van der Waals surface area contributed by atoms with Crippen LogP contribution >= 0.6 is 0 Å². The highest BCUT2D eigenvalue weighted by Gasteiger charge is 2.30. The number of carbonyl (C=O) groups is 1. The zero-order valence-corrected chi connectivity index (χ0v) is 14.6. The lowest BCUT2D eigenvalue weighted by Crippen LogP contribution is -2.55. The van der Waals surface area contributed by atoms with Gasteiger partial charge in [0.1, 0.15) is 0 Å². The van der Waals surface area contributed by atoms with Crippen molar-refractivity contribution >= 4 is 5.91 Å². The Morgan fingerprint density at radius 2 is 1.95 bits per heavy atom. The number of nitrogens with zero attached hydrogens (tertiary/aromatic N) is 1. The summed E-state index contributed by atoms with van der Waals surface area (Å²) < 4.78 is 0. The highest BCUT2D eigenvalue weighted by Crippen LogP contribution is 2.19. The molecule has 0 aliphatic carbocycles. The average molecular weight is 297 g/mol. The van der Waals surface area contributed by atoms with Crippen molar-refractivity contribution in [3.05, 3.63) is 0 Å². The van der Waals surface area contributed by atoms with Crippen molar-refractivity contribution < 1.29 is 4.79 Å². The Morgan fingerprint density at radius 3 is 2.57 bits per heavy atom. The minimum absolute atomic E-state index is 0.0245. The number of likely N-dealkylation sites (tertiary alicyclic amines) is 1. The lowest BCUT2D eigenvalue weighted by Gasteiger charge is -2.40. The maximum atomic E-state index is 12.4. The molecule has 0 saturated carbocycles. The van der Waals surface area contributed by atoms with E-state index in [1.165, 1.54) is 19.3 Å². The van der Waals surface area contributed by atoms with Gasteiger partial charge in [-0.25, -0.2) is 0 Å². The van der Waals surface area contributed by atoms with E-state index in [1.54, 1.807) is 0 Å². The molecule has 1 amide bonds. The summed E-state index contributed by atoms with van der Waals surface area (Å²) in [6.45, 7) is 12.7. The molecule has 1 fully saturated rings. The number of amides is 1. The van der Waals surface area contributed by atoms with Gasteiger partial charge < -0.3 is 10.6 Å². The predicted octanol–water partition coefficient (Wildman–Crippen LogP) is 2.53. The van der Waals surface area contributed by atoms with Gasteiger partial charge in [-0.1, -0.05) is 33.6 Å². The highest BCUT2D eigenvalue weighted by molar-refractivity contribution is 5.81. The summed E-state index contributed by atoms with van der Waals surface area (Å²) in [4.78, 5) is 14.8. The van der Waals surface area contributed by atoms with Crippen molar-refractivity contribution in [1.82, 2.24) is 15.5 Å². The van der Waals surface area contributed by atoms with Crippen LogP contribution in [0.5, 0.6) is 0 Å². The van der Waals surface area contributed by atoms with Crippen molar-refractivity contribution in [3.63, 3.8) is 0 Å². The summed E-state index contributed by atoms with van der Waals surface area (Å²) in [7, 11) is 0. The first kappa shape index (κ1) is 18.4. The van der Waals surface area contributed by atoms with Crippen LogP contribution in [0.2, 0.25) is 0 Å². The Balaban J connectivity index is 2.54. The van der Waals surface area contributed by atoms with Crippen LogP contribution in [0, 0.1) is 0 Å². The molecule has 0 radical (unpaired) electrons. The summed E-state index contributed by atoms with van der Waals surface area (Å²) >= 11 is 0. The second kappa shape index (κ2) is 9.42. The number of hydrogen-bond acceptors (Lipinski definition) is 3. The molecule has 0 bridgehead atoms. The molecule has 1 aliphatic rings. The Labute approximate surface area is 131 Å². The van der Waals surface area contributed by atoms with Crippen molar-refractivity contribution in [3.8, 4) is 0 Å². The van der Waals surface area contributed by atoms with E-state index in [-0.39, 0.29) is 18.0 Å². The van der Waals surface area contributed by atoms with E-state index in [0.29, 0.717) is 12.1 Å². The zero-order chi connectivity index (χ0) is 15.8. The normalized spacial score (nSPS) is 23.0. The number of rotatable bonds is 8. The molecular weight excluding hydrogens is 262 g/mol. The summed E-state index contributed by atoms with van der Waals surface area (Å²) in [5, 5.41) is 6.69. The zero-order valence-electron chi connectivity index (χ0n) is 14.6. The molecule has 0 aromatic carbocycles. The maximum absolute atomic E-state index is 12.4. The quantitative estimate of drug-likeness (QED) is 0.723. The minimum Gasteiger partial charge on any atom is -0.352 e. The van der Waals surface area contributed by atoms with Crippen LogP contribution in [0.25, 0.3) is 0 Å². The molecule has 2 N–H and O–H groups in total. The Morgan fingerprint density at radius 1 is 1.24 bits per heavy atom. The topological polar surface area (TPSA) is 44.4 Å². The fourth-order valence-corrected chi connectivity index (χ4v) is 3.14. The Hall–Kier alpha value is -0.610. The molecule has 21 heavy (non-hydrogen) atoms. The first-order chi connectivity index (χ1) is 9.95. The lowest BCUT2D eigenvalue weighted by molar-refractivity contribution is -0.128.